The number of phosphoric acid groups is 1. The molecule has 0 aliphatic carbocycles. The molecule has 63 heavy (non-hydrogen) atoms. The zero-order chi connectivity index (χ0) is 46.5. The van der Waals surface area contributed by atoms with Crippen LogP contribution in [0.5, 0.6) is 0 Å². The van der Waals surface area contributed by atoms with Crippen LogP contribution in [-0.4, -0.2) is 81.2 Å². The first-order chi connectivity index (χ1) is 30.4. The van der Waals surface area contributed by atoms with E-state index in [1.54, 1.807) is 6.08 Å². The van der Waals surface area contributed by atoms with Crippen molar-refractivity contribution in [3.63, 3.8) is 0 Å². The van der Waals surface area contributed by atoms with Gasteiger partial charge < -0.3 is 33.0 Å². The summed E-state index contributed by atoms with van der Waals surface area (Å²) in [6.45, 7) is 3.88. The number of aliphatic hydroxyl groups is 1. The highest BCUT2D eigenvalue weighted by atomic mass is 31.2. The minimum atomic E-state index is -4.66. The number of allylic oxidation sites excluding steroid dienone is 14. The normalized spacial score (nSPS) is 14.8. The Hall–Kier alpha value is -3.11. The molecule has 2 unspecified atom stereocenters. The van der Waals surface area contributed by atoms with Crippen LogP contribution < -0.4 is 4.89 Å². The Morgan fingerprint density at radius 3 is 1.73 bits per heavy atom. The van der Waals surface area contributed by atoms with Crippen LogP contribution in [0.2, 0.25) is 0 Å². The summed E-state index contributed by atoms with van der Waals surface area (Å²) in [5.74, 6) is -0.966. The van der Waals surface area contributed by atoms with E-state index in [2.05, 4.69) is 62.5 Å². The number of likely N-dealkylation sites (N-methyl/N-ethyl adjacent to an activating group) is 1. The number of rotatable bonds is 42. The van der Waals surface area contributed by atoms with Gasteiger partial charge in [0.15, 0.2) is 6.10 Å². The lowest BCUT2D eigenvalue weighted by atomic mass is 10.1. The average Bonchev–Trinajstić information content (AvgIpc) is 3.23. The second-order valence-electron chi connectivity index (χ2n) is 16.9. The zero-order valence-electron chi connectivity index (χ0n) is 40.1. The van der Waals surface area contributed by atoms with Crippen molar-refractivity contribution < 1.29 is 47.2 Å². The minimum Gasteiger partial charge on any atom is -0.756 e. The summed E-state index contributed by atoms with van der Waals surface area (Å²) >= 11 is 0. The first-order valence-electron chi connectivity index (χ1n) is 24.1. The molecule has 0 aromatic carbocycles. The van der Waals surface area contributed by atoms with E-state index in [0.717, 1.165) is 57.8 Å². The van der Waals surface area contributed by atoms with Crippen LogP contribution in [0.4, 0.5) is 0 Å². The molecule has 0 rings (SSSR count). The van der Waals surface area contributed by atoms with Crippen LogP contribution in [0, 0.1) is 0 Å². The lowest BCUT2D eigenvalue weighted by Crippen LogP contribution is -2.37. The summed E-state index contributed by atoms with van der Waals surface area (Å²) in [7, 11) is 1.09. The second kappa shape index (κ2) is 42.8. The van der Waals surface area contributed by atoms with Gasteiger partial charge in [0.1, 0.15) is 19.8 Å². The van der Waals surface area contributed by atoms with E-state index in [4.69, 9.17) is 18.5 Å². The fraction of sp³-hybridized carbons (Fsp3) is 0.654. The Labute approximate surface area is 384 Å². The molecule has 0 saturated heterocycles. The standard InChI is InChI=1S/C52H88NO9P/c1-6-8-10-11-12-13-14-15-16-17-18-19-20-23-27-30-33-36-40-44-52(56)62-50(48-61-63(57,58)60-46-45-53(3,4)5)47-59-51(55)43-39-35-32-29-26-24-21-22-25-28-31-34-38-42-49(54)41-37-9-7-2/h9,12-13,15-16,22,24-26,31-32,34-35,37-38,42,49-50,54H,6-8,10-11,14,17-21,23,27-30,33,36,39-41,43-48H2,1-5H3/b13-12-,16-15-,25-22-,26-24-,34-31+,35-32-,37-9-,42-38+/t49?,50-/m1/s1. The van der Waals surface area contributed by atoms with E-state index in [1.165, 1.54) is 57.8 Å². The summed E-state index contributed by atoms with van der Waals surface area (Å²) in [5.41, 5.74) is 0. The molecule has 10 nitrogen and oxygen atoms in total. The first kappa shape index (κ1) is 59.9. The molecule has 0 aromatic heterocycles. The number of esters is 2. The van der Waals surface area contributed by atoms with Crippen molar-refractivity contribution in [2.45, 2.75) is 174 Å². The molecule has 0 heterocycles. The quantitative estimate of drug-likeness (QED) is 0.0159. The van der Waals surface area contributed by atoms with Crippen molar-refractivity contribution in [1.29, 1.82) is 0 Å². The van der Waals surface area contributed by atoms with Crippen LogP contribution in [0.3, 0.4) is 0 Å². The largest absolute Gasteiger partial charge is 0.756 e. The molecule has 0 spiro atoms. The summed E-state index contributed by atoms with van der Waals surface area (Å²) in [6, 6.07) is 0. The molecule has 0 radical (unpaired) electrons. The van der Waals surface area contributed by atoms with Crippen LogP contribution in [0.25, 0.3) is 0 Å². The highest BCUT2D eigenvalue weighted by Gasteiger charge is 2.21. The van der Waals surface area contributed by atoms with Gasteiger partial charge in [0.05, 0.1) is 33.9 Å². The van der Waals surface area contributed by atoms with Gasteiger partial charge in [0.25, 0.3) is 7.82 Å². The number of nitrogens with zero attached hydrogens (tertiary/aromatic N) is 1. The molecular weight excluding hydrogens is 814 g/mol. The molecule has 0 bridgehead atoms. The van der Waals surface area contributed by atoms with Gasteiger partial charge in [0.2, 0.25) is 0 Å². The maximum atomic E-state index is 12.7. The topological polar surface area (TPSA) is 131 Å². The lowest BCUT2D eigenvalue weighted by molar-refractivity contribution is -0.870. The number of hydrogen-bond acceptors (Lipinski definition) is 9. The van der Waals surface area contributed by atoms with E-state index in [9.17, 15) is 24.2 Å². The van der Waals surface area contributed by atoms with E-state index >= 15 is 0 Å². The van der Waals surface area contributed by atoms with Crippen molar-refractivity contribution in [2.24, 2.45) is 0 Å². The van der Waals surface area contributed by atoms with Crippen LogP contribution >= 0.6 is 7.82 Å². The van der Waals surface area contributed by atoms with Gasteiger partial charge in [-0.2, -0.15) is 0 Å². The molecule has 0 aliphatic rings. The van der Waals surface area contributed by atoms with E-state index in [-0.39, 0.29) is 26.1 Å². The van der Waals surface area contributed by atoms with E-state index < -0.39 is 38.6 Å². The molecule has 0 saturated carbocycles. The van der Waals surface area contributed by atoms with Gasteiger partial charge in [-0.15, -0.1) is 0 Å². The van der Waals surface area contributed by atoms with Crippen molar-refractivity contribution in [2.75, 3.05) is 47.5 Å². The van der Waals surface area contributed by atoms with Crippen molar-refractivity contribution in [3.05, 3.63) is 97.2 Å². The summed E-state index contributed by atoms with van der Waals surface area (Å²) < 4.78 is 33.9. The zero-order valence-corrected chi connectivity index (χ0v) is 41.0. The number of carbonyl (C=O) groups excluding carboxylic acids is 2. The van der Waals surface area contributed by atoms with Gasteiger partial charge in [-0.3, -0.25) is 14.2 Å². The highest BCUT2D eigenvalue weighted by molar-refractivity contribution is 7.45. The summed E-state index contributed by atoms with van der Waals surface area (Å²) in [5, 5.41) is 9.85. The molecule has 0 amide bonds. The highest BCUT2D eigenvalue weighted by Crippen LogP contribution is 2.38. The number of aliphatic hydroxyl groups excluding tert-OH is 1. The Bertz CT molecular complexity index is 1410. The molecule has 1 N–H and O–H groups in total. The average molecular weight is 902 g/mol. The van der Waals surface area contributed by atoms with Crippen LogP contribution in [0.1, 0.15) is 162 Å². The van der Waals surface area contributed by atoms with Gasteiger partial charge in [0, 0.05) is 12.8 Å². The van der Waals surface area contributed by atoms with Crippen molar-refractivity contribution in [1.82, 2.24) is 0 Å². The maximum absolute atomic E-state index is 12.7. The van der Waals surface area contributed by atoms with E-state index in [0.29, 0.717) is 30.3 Å². The Balaban J connectivity index is 4.47. The number of ether oxygens (including phenoxy) is 2. The molecular formula is C52H88NO9P. The van der Waals surface area contributed by atoms with Crippen molar-refractivity contribution >= 4 is 19.8 Å². The predicted octanol–water partition coefficient (Wildman–Crippen LogP) is 12.5. The molecule has 0 fully saturated rings. The molecule has 0 aromatic rings. The third-order valence-electron chi connectivity index (χ3n) is 9.68. The molecule has 0 aliphatic heterocycles. The van der Waals surface area contributed by atoms with Gasteiger partial charge >= 0.3 is 11.9 Å². The number of unbranched alkanes of at least 4 members (excludes halogenated alkanes) is 12. The smallest absolute Gasteiger partial charge is 0.306 e. The van der Waals surface area contributed by atoms with Crippen molar-refractivity contribution in [3.8, 4) is 0 Å². The SMILES string of the molecule is CC/C=C\CC(O)/C=C/C=C/C/C=C\C/C=C\C/C=C\CCC(=O)OC[C@H](COP(=O)([O-])OCC[N+](C)(C)C)OC(=O)CCCCCCCCCCC/C=C\C/C=C\CCCCC. The third-order valence-corrected chi connectivity index (χ3v) is 10.6. The monoisotopic (exact) mass is 902 g/mol. The summed E-state index contributed by atoms with van der Waals surface area (Å²) in [6.07, 6.45) is 53.5. The molecule has 3 atom stereocenters. The first-order valence-corrected chi connectivity index (χ1v) is 25.5. The Morgan fingerprint density at radius 2 is 1.14 bits per heavy atom. The predicted molar refractivity (Wildman–Crippen MR) is 260 cm³/mol. The number of quaternary nitrogens is 1. The summed E-state index contributed by atoms with van der Waals surface area (Å²) in [4.78, 5) is 37.6. The van der Waals surface area contributed by atoms with E-state index in [1.807, 2.05) is 63.7 Å². The lowest BCUT2D eigenvalue weighted by Gasteiger charge is -2.28. The fourth-order valence-electron chi connectivity index (χ4n) is 5.91. The third kappa shape index (κ3) is 46.7. The Morgan fingerprint density at radius 1 is 0.603 bits per heavy atom. The van der Waals surface area contributed by atoms with Gasteiger partial charge in [-0.05, 0) is 77.0 Å². The van der Waals surface area contributed by atoms with Gasteiger partial charge in [-0.25, -0.2) is 0 Å². The van der Waals surface area contributed by atoms with Crippen LogP contribution in [0.15, 0.2) is 97.2 Å². The van der Waals surface area contributed by atoms with Crippen LogP contribution in [-0.2, 0) is 32.7 Å². The minimum absolute atomic E-state index is 0.0547. The molecule has 11 heteroatoms. The Kier molecular flexibility index (Phi) is 40.7. The number of phosphoric ester groups is 1. The maximum Gasteiger partial charge on any atom is 0.306 e. The van der Waals surface area contributed by atoms with Gasteiger partial charge in [-0.1, -0.05) is 169 Å². The number of carbonyl (C=O) groups is 2. The number of hydrogen-bond donors (Lipinski definition) is 1. The second-order valence-corrected chi connectivity index (χ2v) is 18.3. The fourth-order valence-corrected chi connectivity index (χ4v) is 6.64. The molecule has 360 valence electrons.